The van der Waals surface area contributed by atoms with Gasteiger partial charge in [0.2, 0.25) is 0 Å². The molecule has 0 bridgehead atoms. The standard InChI is InChI=1S/C11H11NS/c1-9(11(8-12)13-2)10-6-4-3-5-7-10/h3-7H,1-2H3/b11-9-. The van der Waals surface area contributed by atoms with Crippen LogP contribution in [0.5, 0.6) is 0 Å². The Bertz CT molecular complexity index is 346. The van der Waals surface area contributed by atoms with Gasteiger partial charge in [0.1, 0.15) is 6.07 Å². The van der Waals surface area contributed by atoms with Crippen LogP contribution in [0.1, 0.15) is 12.5 Å². The Balaban J connectivity index is 3.11. The van der Waals surface area contributed by atoms with Crippen LogP contribution in [-0.4, -0.2) is 6.26 Å². The lowest BCUT2D eigenvalue weighted by atomic mass is 10.1. The van der Waals surface area contributed by atoms with Crippen LogP contribution in [0.3, 0.4) is 0 Å². The highest BCUT2D eigenvalue weighted by atomic mass is 32.2. The highest BCUT2D eigenvalue weighted by Crippen LogP contribution is 2.23. The first-order valence-electron chi connectivity index (χ1n) is 4.00. The van der Waals surface area contributed by atoms with Gasteiger partial charge < -0.3 is 0 Å². The first-order chi connectivity index (χ1) is 6.29. The van der Waals surface area contributed by atoms with E-state index in [-0.39, 0.29) is 0 Å². The monoisotopic (exact) mass is 189 g/mol. The van der Waals surface area contributed by atoms with Gasteiger partial charge >= 0.3 is 0 Å². The third kappa shape index (κ3) is 2.37. The summed E-state index contributed by atoms with van der Waals surface area (Å²) in [6.45, 7) is 1.98. The largest absolute Gasteiger partial charge is 0.192 e. The first-order valence-corrected chi connectivity index (χ1v) is 5.22. The predicted octanol–water partition coefficient (Wildman–Crippen LogP) is 3.30. The zero-order chi connectivity index (χ0) is 9.68. The molecule has 0 spiro atoms. The van der Waals surface area contributed by atoms with Gasteiger partial charge in [0, 0.05) is 0 Å². The second kappa shape index (κ2) is 4.74. The molecule has 0 radical (unpaired) electrons. The fourth-order valence-corrected chi connectivity index (χ4v) is 1.62. The van der Waals surface area contributed by atoms with E-state index in [0.29, 0.717) is 0 Å². The first kappa shape index (κ1) is 9.88. The molecule has 1 nitrogen and oxygen atoms in total. The minimum absolute atomic E-state index is 0.784. The lowest BCUT2D eigenvalue weighted by molar-refractivity contribution is 1.50. The Morgan fingerprint density at radius 1 is 1.31 bits per heavy atom. The zero-order valence-corrected chi connectivity index (χ0v) is 8.56. The number of benzene rings is 1. The molecular weight excluding hydrogens is 178 g/mol. The van der Waals surface area contributed by atoms with Crippen molar-refractivity contribution in [2.45, 2.75) is 6.92 Å². The minimum Gasteiger partial charge on any atom is -0.192 e. The van der Waals surface area contributed by atoms with Crippen molar-refractivity contribution in [2.24, 2.45) is 0 Å². The fraction of sp³-hybridized carbons (Fsp3) is 0.182. The van der Waals surface area contributed by atoms with Crippen LogP contribution < -0.4 is 0 Å². The van der Waals surface area contributed by atoms with E-state index in [0.717, 1.165) is 16.0 Å². The molecule has 0 aliphatic carbocycles. The zero-order valence-electron chi connectivity index (χ0n) is 7.74. The van der Waals surface area contributed by atoms with Gasteiger partial charge in [-0.05, 0) is 24.3 Å². The second-order valence-electron chi connectivity index (χ2n) is 2.64. The summed E-state index contributed by atoms with van der Waals surface area (Å²) in [7, 11) is 0. The van der Waals surface area contributed by atoms with Gasteiger partial charge in [0.15, 0.2) is 0 Å². The Morgan fingerprint density at radius 3 is 2.38 bits per heavy atom. The summed E-state index contributed by atoms with van der Waals surface area (Å²) in [6, 6.07) is 12.2. The quantitative estimate of drug-likeness (QED) is 0.666. The Hall–Kier alpha value is -1.20. The lowest BCUT2D eigenvalue weighted by Crippen LogP contribution is -1.82. The molecule has 0 heterocycles. The number of nitriles is 1. The summed E-state index contributed by atoms with van der Waals surface area (Å²) >= 11 is 1.49. The molecule has 0 aromatic heterocycles. The molecule has 1 aromatic carbocycles. The highest BCUT2D eigenvalue weighted by molar-refractivity contribution is 8.02. The average molecular weight is 189 g/mol. The average Bonchev–Trinajstić information content (AvgIpc) is 2.21. The molecule has 1 aromatic rings. The van der Waals surface area contributed by atoms with Gasteiger partial charge in [-0.2, -0.15) is 5.26 Å². The molecule has 0 amide bonds. The van der Waals surface area contributed by atoms with Crippen LogP contribution in [-0.2, 0) is 0 Å². The van der Waals surface area contributed by atoms with Crippen LogP contribution in [0.2, 0.25) is 0 Å². The van der Waals surface area contributed by atoms with Gasteiger partial charge in [-0.1, -0.05) is 30.3 Å². The van der Waals surface area contributed by atoms with Crippen molar-refractivity contribution in [1.29, 1.82) is 5.26 Å². The molecule has 0 aliphatic heterocycles. The van der Waals surface area contributed by atoms with Crippen LogP contribution in [0.4, 0.5) is 0 Å². The third-order valence-corrected chi connectivity index (χ3v) is 2.66. The topological polar surface area (TPSA) is 23.8 Å². The van der Waals surface area contributed by atoms with E-state index in [1.165, 1.54) is 11.8 Å². The van der Waals surface area contributed by atoms with E-state index in [1.54, 1.807) is 0 Å². The molecule has 1 rings (SSSR count). The molecule has 0 unspecified atom stereocenters. The summed E-state index contributed by atoms with van der Waals surface area (Å²) in [6.07, 6.45) is 1.92. The molecule has 66 valence electrons. The fourth-order valence-electron chi connectivity index (χ4n) is 1.10. The van der Waals surface area contributed by atoms with Crippen molar-refractivity contribution in [2.75, 3.05) is 6.26 Å². The third-order valence-electron chi connectivity index (χ3n) is 1.85. The number of hydrogen-bond donors (Lipinski definition) is 0. The van der Waals surface area contributed by atoms with Gasteiger partial charge in [0.25, 0.3) is 0 Å². The SMILES string of the molecule is CS/C(C#N)=C(/C)c1ccccc1. The smallest absolute Gasteiger partial charge is 0.106 e. The molecule has 0 N–H and O–H groups in total. The maximum atomic E-state index is 8.83. The summed E-state index contributed by atoms with van der Waals surface area (Å²) in [4.78, 5) is 0.784. The van der Waals surface area contributed by atoms with Gasteiger partial charge in [0.05, 0.1) is 4.91 Å². The van der Waals surface area contributed by atoms with Gasteiger partial charge in [-0.3, -0.25) is 0 Å². The van der Waals surface area contributed by atoms with E-state index in [4.69, 9.17) is 5.26 Å². The van der Waals surface area contributed by atoms with Gasteiger partial charge in [-0.25, -0.2) is 0 Å². The Kier molecular flexibility index (Phi) is 3.60. The summed E-state index contributed by atoms with van der Waals surface area (Å²) < 4.78 is 0. The van der Waals surface area contributed by atoms with E-state index >= 15 is 0 Å². The highest BCUT2D eigenvalue weighted by Gasteiger charge is 2.01. The molecular formula is C11H11NS. The van der Waals surface area contributed by atoms with Gasteiger partial charge in [-0.15, -0.1) is 11.8 Å². The number of rotatable bonds is 2. The number of hydrogen-bond acceptors (Lipinski definition) is 2. The Labute approximate surface area is 83.1 Å². The summed E-state index contributed by atoms with van der Waals surface area (Å²) in [5, 5.41) is 8.83. The maximum absolute atomic E-state index is 8.83. The number of allylic oxidation sites excluding steroid dienone is 2. The van der Waals surface area contributed by atoms with Crippen molar-refractivity contribution in [3.05, 3.63) is 40.8 Å². The lowest BCUT2D eigenvalue weighted by Gasteiger charge is -2.02. The van der Waals surface area contributed by atoms with Crippen LogP contribution in [0, 0.1) is 11.3 Å². The Morgan fingerprint density at radius 2 is 1.92 bits per heavy atom. The molecule has 0 saturated heterocycles. The molecule has 0 fully saturated rings. The summed E-state index contributed by atoms with van der Waals surface area (Å²) in [5.41, 5.74) is 2.17. The maximum Gasteiger partial charge on any atom is 0.106 e. The molecule has 2 heteroatoms. The van der Waals surface area contributed by atoms with Crippen LogP contribution in [0.25, 0.3) is 5.57 Å². The van der Waals surface area contributed by atoms with E-state index in [1.807, 2.05) is 43.5 Å². The van der Waals surface area contributed by atoms with E-state index in [2.05, 4.69) is 6.07 Å². The van der Waals surface area contributed by atoms with Crippen molar-refractivity contribution < 1.29 is 0 Å². The van der Waals surface area contributed by atoms with Crippen LogP contribution in [0.15, 0.2) is 35.2 Å². The van der Waals surface area contributed by atoms with Crippen molar-refractivity contribution >= 4 is 17.3 Å². The van der Waals surface area contributed by atoms with Crippen LogP contribution >= 0.6 is 11.8 Å². The molecule has 0 atom stereocenters. The second-order valence-corrected chi connectivity index (χ2v) is 3.45. The summed E-state index contributed by atoms with van der Waals surface area (Å²) in [5.74, 6) is 0. The number of thioether (sulfide) groups is 1. The molecule has 0 aliphatic rings. The predicted molar refractivity (Wildman–Crippen MR) is 58.2 cm³/mol. The molecule has 0 saturated carbocycles. The number of nitrogens with zero attached hydrogens (tertiary/aromatic N) is 1. The van der Waals surface area contributed by atoms with Crippen molar-refractivity contribution in [1.82, 2.24) is 0 Å². The van der Waals surface area contributed by atoms with Crippen molar-refractivity contribution in [3.8, 4) is 6.07 Å². The normalized spacial score (nSPS) is 11.8. The molecule has 13 heavy (non-hydrogen) atoms. The van der Waals surface area contributed by atoms with E-state index in [9.17, 15) is 0 Å². The van der Waals surface area contributed by atoms with E-state index < -0.39 is 0 Å². The minimum atomic E-state index is 0.784. The van der Waals surface area contributed by atoms with Crippen molar-refractivity contribution in [3.63, 3.8) is 0 Å².